The molecule has 1 atom stereocenters. The first-order valence-electron chi connectivity index (χ1n) is 5.25. The Bertz CT molecular complexity index is 463. The summed E-state index contributed by atoms with van der Waals surface area (Å²) in [4.78, 5) is 1.32. The zero-order valence-corrected chi connectivity index (χ0v) is 11.7. The number of halogens is 1. The fourth-order valence-electron chi connectivity index (χ4n) is 1.69. The molecule has 0 saturated carbocycles. The van der Waals surface area contributed by atoms with E-state index in [4.69, 9.17) is 4.42 Å². The van der Waals surface area contributed by atoms with Gasteiger partial charge in [0.25, 0.3) is 0 Å². The second-order valence-electron chi connectivity index (χ2n) is 3.60. The highest BCUT2D eigenvalue weighted by Crippen LogP contribution is 2.31. The third-order valence-electron chi connectivity index (χ3n) is 2.45. The van der Waals surface area contributed by atoms with Crippen LogP contribution >= 0.6 is 27.3 Å². The lowest BCUT2D eigenvalue weighted by atomic mass is 10.1. The molecule has 0 spiro atoms. The molecule has 0 saturated heterocycles. The summed E-state index contributed by atoms with van der Waals surface area (Å²) in [6.07, 6.45) is 0. The average molecular weight is 300 g/mol. The molecule has 0 fully saturated rings. The van der Waals surface area contributed by atoms with E-state index >= 15 is 0 Å². The number of rotatable bonds is 4. The Labute approximate surface area is 108 Å². The quantitative estimate of drug-likeness (QED) is 0.919. The molecule has 0 bridgehead atoms. The van der Waals surface area contributed by atoms with E-state index < -0.39 is 0 Å². The first-order chi connectivity index (χ1) is 7.72. The lowest BCUT2D eigenvalue weighted by Crippen LogP contribution is -2.21. The molecule has 0 aliphatic heterocycles. The Balaban J connectivity index is 2.34. The van der Waals surface area contributed by atoms with Crippen LogP contribution in [0.25, 0.3) is 0 Å². The van der Waals surface area contributed by atoms with Crippen LogP contribution in [0.3, 0.4) is 0 Å². The van der Waals surface area contributed by atoms with Crippen molar-refractivity contribution >= 4 is 27.3 Å². The predicted molar refractivity (Wildman–Crippen MR) is 71.0 cm³/mol. The smallest absolute Gasteiger partial charge is 0.169 e. The van der Waals surface area contributed by atoms with Crippen molar-refractivity contribution < 1.29 is 4.42 Å². The van der Waals surface area contributed by atoms with Gasteiger partial charge < -0.3 is 9.73 Å². The molecule has 1 unspecified atom stereocenters. The molecule has 2 aromatic heterocycles. The van der Waals surface area contributed by atoms with Crippen molar-refractivity contribution in [1.82, 2.24) is 5.32 Å². The van der Waals surface area contributed by atoms with Gasteiger partial charge in [-0.15, -0.1) is 11.3 Å². The number of thiophene rings is 1. The molecule has 0 radical (unpaired) electrons. The van der Waals surface area contributed by atoms with E-state index in [9.17, 15) is 0 Å². The van der Waals surface area contributed by atoms with Gasteiger partial charge in [0.15, 0.2) is 4.67 Å². The fourth-order valence-corrected chi connectivity index (χ4v) is 3.02. The third-order valence-corrected chi connectivity index (χ3v) is 3.96. The second kappa shape index (κ2) is 5.17. The summed E-state index contributed by atoms with van der Waals surface area (Å²) in [5, 5.41) is 5.57. The predicted octanol–water partition coefficient (Wildman–Crippen LogP) is 4.11. The summed E-state index contributed by atoms with van der Waals surface area (Å²) in [6, 6.07) is 6.25. The van der Waals surface area contributed by atoms with E-state index in [2.05, 4.69) is 46.5 Å². The minimum Gasteiger partial charge on any atom is -0.452 e. The molecule has 86 valence electrons. The van der Waals surface area contributed by atoms with Crippen molar-refractivity contribution in [3.05, 3.63) is 44.4 Å². The average Bonchev–Trinajstić information content (AvgIpc) is 2.84. The van der Waals surface area contributed by atoms with Crippen LogP contribution in [0.5, 0.6) is 0 Å². The van der Waals surface area contributed by atoms with Crippen LogP contribution in [-0.2, 0) is 0 Å². The normalized spacial score (nSPS) is 12.9. The first kappa shape index (κ1) is 11.9. The second-order valence-corrected chi connectivity index (χ2v) is 5.33. The van der Waals surface area contributed by atoms with Gasteiger partial charge in [0.1, 0.15) is 11.8 Å². The summed E-state index contributed by atoms with van der Waals surface area (Å²) in [6.45, 7) is 5.16. The van der Waals surface area contributed by atoms with Crippen LogP contribution in [0.4, 0.5) is 0 Å². The number of furan rings is 1. The van der Waals surface area contributed by atoms with Crippen molar-refractivity contribution in [1.29, 1.82) is 0 Å². The number of hydrogen-bond acceptors (Lipinski definition) is 3. The molecule has 0 aromatic carbocycles. The summed E-state index contributed by atoms with van der Waals surface area (Å²) in [7, 11) is 0. The molecule has 1 N–H and O–H groups in total. The summed E-state index contributed by atoms with van der Waals surface area (Å²) in [5.41, 5.74) is 1.31. The van der Waals surface area contributed by atoms with E-state index in [-0.39, 0.29) is 6.04 Å². The lowest BCUT2D eigenvalue weighted by Gasteiger charge is -2.15. The van der Waals surface area contributed by atoms with Crippen LogP contribution in [0.1, 0.15) is 29.2 Å². The topological polar surface area (TPSA) is 25.2 Å². The van der Waals surface area contributed by atoms with E-state index in [0.717, 1.165) is 17.0 Å². The van der Waals surface area contributed by atoms with Gasteiger partial charge in [-0.05, 0) is 58.5 Å². The van der Waals surface area contributed by atoms with Gasteiger partial charge in [-0.3, -0.25) is 0 Å². The zero-order valence-electron chi connectivity index (χ0n) is 9.29. The summed E-state index contributed by atoms with van der Waals surface area (Å²) >= 11 is 5.11. The maximum Gasteiger partial charge on any atom is 0.169 e. The Kier molecular flexibility index (Phi) is 3.84. The van der Waals surface area contributed by atoms with Crippen LogP contribution in [-0.4, -0.2) is 6.54 Å². The minimum absolute atomic E-state index is 0.163. The minimum atomic E-state index is 0.163. The van der Waals surface area contributed by atoms with Crippen LogP contribution in [0, 0.1) is 6.92 Å². The zero-order chi connectivity index (χ0) is 11.5. The van der Waals surface area contributed by atoms with Gasteiger partial charge in [0.2, 0.25) is 0 Å². The molecule has 2 nitrogen and oxygen atoms in total. The van der Waals surface area contributed by atoms with E-state index in [1.807, 2.05) is 12.1 Å². The SMILES string of the molecule is CCNC(c1ccc(Br)o1)c1sccc1C. The van der Waals surface area contributed by atoms with Gasteiger partial charge in [-0.2, -0.15) is 0 Å². The molecule has 0 aliphatic carbocycles. The van der Waals surface area contributed by atoms with Crippen LogP contribution in [0.15, 0.2) is 32.7 Å². The van der Waals surface area contributed by atoms with E-state index in [1.54, 1.807) is 11.3 Å². The van der Waals surface area contributed by atoms with Gasteiger partial charge in [0.05, 0.1) is 0 Å². The highest BCUT2D eigenvalue weighted by Gasteiger charge is 2.19. The Morgan fingerprint density at radius 3 is 2.75 bits per heavy atom. The maximum absolute atomic E-state index is 5.64. The molecule has 2 heterocycles. The Hall–Kier alpha value is -0.580. The maximum atomic E-state index is 5.64. The monoisotopic (exact) mass is 299 g/mol. The highest BCUT2D eigenvalue weighted by molar-refractivity contribution is 9.10. The van der Waals surface area contributed by atoms with Crippen molar-refractivity contribution in [2.24, 2.45) is 0 Å². The van der Waals surface area contributed by atoms with Gasteiger partial charge >= 0.3 is 0 Å². The highest BCUT2D eigenvalue weighted by atomic mass is 79.9. The number of hydrogen-bond donors (Lipinski definition) is 1. The summed E-state index contributed by atoms with van der Waals surface area (Å²) in [5.74, 6) is 0.958. The third kappa shape index (κ3) is 2.39. The standard InChI is InChI=1S/C12H14BrNOS/c1-3-14-11(9-4-5-10(13)15-9)12-8(2)6-7-16-12/h4-7,11,14H,3H2,1-2H3. The molecule has 4 heteroatoms. The largest absolute Gasteiger partial charge is 0.452 e. The first-order valence-corrected chi connectivity index (χ1v) is 6.92. The van der Waals surface area contributed by atoms with Crippen molar-refractivity contribution in [3.63, 3.8) is 0 Å². The van der Waals surface area contributed by atoms with Crippen LogP contribution < -0.4 is 5.32 Å². The molecule has 0 aliphatic rings. The fraction of sp³-hybridized carbons (Fsp3) is 0.333. The van der Waals surface area contributed by atoms with E-state index in [0.29, 0.717) is 0 Å². The van der Waals surface area contributed by atoms with E-state index in [1.165, 1.54) is 10.4 Å². The molecule has 2 aromatic rings. The van der Waals surface area contributed by atoms with Crippen molar-refractivity contribution in [2.75, 3.05) is 6.54 Å². The molecule has 16 heavy (non-hydrogen) atoms. The number of aryl methyl sites for hydroxylation is 1. The summed E-state index contributed by atoms with van der Waals surface area (Å²) < 4.78 is 6.42. The molecule has 2 rings (SSSR count). The molecular weight excluding hydrogens is 286 g/mol. The van der Waals surface area contributed by atoms with Crippen LogP contribution in [0.2, 0.25) is 0 Å². The Morgan fingerprint density at radius 2 is 2.25 bits per heavy atom. The molecular formula is C12H14BrNOS. The Morgan fingerprint density at radius 1 is 1.44 bits per heavy atom. The van der Waals surface area contributed by atoms with Crippen molar-refractivity contribution in [2.45, 2.75) is 19.9 Å². The van der Waals surface area contributed by atoms with Crippen molar-refractivity contribution in [3.8, 4) is 0 Å². The van der Waals surface area contributed by atoms with Gasteiger partial charge in [0, 0.05) is 4.88 Å². The lowest BCUT2D eigenvalue weighted by molar-refractivity contribution is 0.440. The van der Waals surface area contributed by atoms with Gasteiger partial charge in [-0.25, -0.2) is 0 Å². The molecule has 0 amide bonds. The number of nitrogens with one attached hydrogen (secondary N) is 1. The van der Waals surface area contributed by atoms with Gasteiger partial charge in [-0.1, -0.05) is 6.92 Å².